The average molecular weight is 339 g/mol. The summed E-state index contributed by atoms with van der Waals surface area (Å²) in [7, 11) is 0. The van der Waals surface area contributed by atoms with E-state index >= 15 is 0 Å². The predicted molar refractivity (Wildman–Crippen MR) is 94.3 cm³/mol. The van der Waals surface area contributed by atoms with Gasteiger partial charge in [0.25, 0.3) is 5.91 Å². The molecule has 0 saturated carbocycles. The molecule has 1 aliphatic carbocycles. The molecule has 122 valence electrons. The van der Waals surface area contributed by atoms with Crippen molar-refractivity contribution >= 4 is 28.5 Å². The number of aryl methyl sites for hydroxylation is 1. The minimum absolute atomic E-state index is 0.184. The van der Waals surface area contributed by atoms with E-state index in [1.54, 1.807) is 6.21 Å². The fourth-order valence-electron chi connectivity index (χ4n) is 2.67. The molecule has 6 heteroatoms. The van der Waals surface area contributed by atoms with Gasteiger partial charge < -0.3 is 10.2 Å². The number of nitrogens with one attached hydrogen (secondary N) is 1. The maximum absolute atomic E-state index is 12.0. The third kappa shape index (κ3) is 3.81. The third-order valence-electron chi connectivity index (χ3n) is 3.81. The molecular formula is C18H17N3O2S. The minimum Gasteiger partial charge on any atom is -0.386 e. The van der Waals surface area contributed by atoms with Crippen LogP contribution in [0.1, 0.15) is 34.4 Å². The molecule has 0 fully saturated rings. The van der Waals surface area contributed by atoms with E-state index in [0.29, 0.717) is 10.6 Å². The number of benzene rings is 1. The lowest BCUT2D eigenvalue weighted by Gasteiger charge is -2.09. The Morgan fingerprint density at radius 2 is 2.12 bits per heavy atom. The number of oxime groups is 1. The summed E-state index contributed by atoms with van der Waals surface area (Å²) in [6.07, 6.45) is 5.70. The molecular weight excluding hydrogens is 322 g/mol. The van der Waals surface area contributed by atoms with Gasteiger partial charge in [-0.2, -0.15) is 5.26 Å². The first-order valence-corrected chi connectivity index (χ1v) is 8.64. The van der Waals surface area contributed by atoms with Gasteiger partial charge in [-0.25, -0.2) is 0 Å². The molecule has 24 heavy (non-hydrogen) atoms. The number of nitriles is 1. The first kappa shape index (κ1) is 16.2. The molecule has 0 atom stereocenters. The van der Waals surface area contributed by atoms with Crippen molar-refractivity contribution in [3.8, 4) is 6.07 Å². The number of anilines is 1. The molecule has 5 nitrogen and oxygen atoms in total. The van der Waals surface area contributed by atoms with Crippen molar-refractivity contribution in [3.05, 3.63) is 51.9 Å². The molecule has 0 bridgehead atoms. The largest absolute Gasteiger partial charge is 0.386 e. The second-order valence-electron chi connectivity index (χ2n) is 5.49. The molecule has 1 heterocycles. The summed E-state index contributed by atoms with van der Waals surface area (Å²) in [4.78, 5) is 18.2. The lowest BCUT2D eigenvalue weighted by Crippen LogP contribution is -2.17. The van der Waals surface area contributed by atoms with E-state index in [-0.39, 0.29) is 12.5 Å². The van der Waals surface area contributed by atoms with Gasteiger partial charge in [-0.3, -0.25) is 4.79 Å². The lowest BCUT2D eigenvalue weighted by molar-refractivity contribution is -0.120. The van der Waals surface area contributed by atoms with E-state index in [1.807, 2.05) is 30.3 Å². The normalized spacial score (nSPS) is 13.3. The first-order valence-electron chi connectivity index (χ1n) is 7.83. The van der Waals surface area contributed by atoms with Gasteiger partial charge in [0, 0.05) is 4.88 Å². The Balaban J connectivity index is 1.57. The van der Waals surface area contributed by atoms with Crippen LogP contribution in [0.2, 0.25) is 0 Å². The lowest BCUT2D eigenvalue weighted by atomic mass is 9.96. The number of amides is 1. The van der Waals surface area contributed by atoms with Crippen LogP contribution in [-0.2, 0) is 22.5 Å². The Labute approximate surface area is 144 Å². The van der Waals surface area contributed by atoms with Gasteiger partial charge in [-0.05, 0) is 36.8 Å². The van der Waals surface area contributed by atoms with Crippen LogP contribution in [-0.4, -0.2) is 18.7 Å². The van der Waals surface area contributed by atoms with Crippen LogP contribution < -0.4 is 5.32 Å². The summed E-state index contributed by atoms with van der Waals surface area (Å²) in [5, 5.41) is 16.6. The van der Waals surface area contributed by atoms with Crippen LogP contribution in [0.3, 0.4) is 0 Å². The zero-order chi connectivity index (χ0) is 16.8. The topological polar surface area (TPSA) is 74.5 Å². The van der Waals surface area contributed by atoms with Crippen molar-refractivity contribution in [2.45, 2.75) is 25.7 Å². The van der Waals surface area contributed by atoms with Crippen molar-refractivity contribution in [3.63, 3.8) is 0 Å². The molecule has 0 aliphatic heterocycles. The van der Waals surface area contributed by atoms with Crippen molar-refractivity contribution in [1.82, 2.24) is 0 Å². The van der Waals surface area contributed by atoms with Crippen LogP contribution in [0, 0.1) is 11.3 Å². The highest BCUT2D eigenvalue weighted by Crippen LogP contribution is 2.37. The SMILES string of the molecule is N#Cc1c(NC(=O)CO/N=C\c2ccccc2)sc2c1CCCC2. The molecule has 0 spiro atoms. The van der Waals surface area contributed by atoms with Gasteiger partial charge in [0.05, 0.1) is 11.8 Å². The van der Waals surface area contributed by atoms with Gasteiger partial charge >= 0.3 is 0 Å². The Hall–Kier alpha value is -2.65. The van der Waals surface area contributed by atoms with Crippen LogP contribution >= 0.6 is 11.3 Å². The Kier molecular flexibility index (Phi) is 5.24. The van der Waals surface area contributed by atoms with E-state index in [1.165, 1.54) is 16.2 Å². The number of carbonyl (C=O) groups is 1. The summed E-state index contributed by atoms with van der Waals surface area (Å²) in [6.45, 7) is -0.184. The second kappa shape index (κ2) is 7.75. The highest BCUT2D eigenvalue weighted by Gasteiger charge is 2.21. The Morgan fingerprint density at radius 1 is 1.33 bits per heavy atom. The average Bonchev–Trinajstić information content (AvgIpc) is 2.96. The fraction of sp³-hybridized carbons (Fsp3) is 0.278. The van der Waals surface area contributed by atoms with Crippen molar-refractivity contribution in [1.29, 1.82) is 5.26 Å². The van der Waals surface area contributed by atoms with Crippen LogP contribution in [0.25, 0.3) is 0 Å². The van der Waals surface area contributed by atoms with Gasteiger partial charge in [0.15, 0.2) is 6.61 Å². The monoisotopic (exact) mass is 339 g/mol. The molecule has 1 aromatic heterocycles. The van der Waals surface area contributed by atoms with Crippen LogP contribution in [0.5, 0.6) is 0 Å². The quantitative estimate of drug-likeness (QED) is 0.669. The number of fused-ring (bicyclic) bond motifs is 1. The highest BCUT2D eigenvalue weighted by atomic mass is 32.1. The maximum Gasteiger partial charge on any atom is 0.265 e. The molecule has 0 saturated heterocycles. The van der Waals surface area contributed by atoms with Crippen molar-refractivity contribution in [2.75, 3.05) is 11.9 Å². The fourth-order valence-corrected chi connectivity index (χ4v) is 3.92. The van der Waals surface area contributed by atoms with Crippen molar-refractivity contribution < 1.29 is 9.63 Å². The van der Waals surface area contributed by atoms with Gasteiger partial charge in [0.2, 0.25) is 0 Å². The van der Waals surface area contributed by atoms with Gasteiger partial charge in [0.1, 0.15) is 11.1 Å². The number of thiophene rings is 1. The number of hydrogen-bond acceptors (Lipinski definition) is 5. The van der Waals surface area contributed by atoms with E-state index in [0.717, 1.165) is 36.8 Å². The molecule has 1 aliphatic rings. The predicted octanol–water partition coefficient (Wildman–Crippen LogP) is 3.49. The summed E-state index contributed by atoms with van der Waals surface area (Å²) in [5.74, 6) is -0.310. The smallest absolute Gasteiger partial charge is 0.265 e. The van der Waals surface area contributed by atoms with E-state index < -0.39 is 0 Å². The minimum atomic E-state index is -0.310. The standard InChI is InChI=1S/C18H17N3O2S/c19-10-15-14-8-4-5-9-16(14)24-18(15)21-17(22)12-23-20-11-13-6-2-1-3-7-13/h1-3,6-7,11H,4-5,8-9,12H2,(H,21,22)/b20-11-. The number of nitrogens with zero attached hydrogens (tertiary/aromatic N) is 2. The zero-order valence-electron chi connectivity index (χ0n) is 13.1. The summed E-state index contributed by atoms with van der Waals surface area (Å²) in [5.41, 5.74) is 2.61. The zero-order valence-corrected chi connectivity index (χ0v) is 13.9. The van der Waals surface area contributed by atoms with E-state index in [4.69, 9.17) is 4.84 Å². The highest BCUT2D eigenvalue weighted by molar-refractivity contribution is 7.16. The van der Waals surface area contributed by atoms with Gasteiger partial charge in [-0.1, -0.05) is 35.5 Å². The number of carbonyl (C=O) groups excluding carboxylic acids is 1. The Morgan fingerprint density at radius 3 is 2.92 bits per heavy atom. The summed E-state index contributed by atoms with van der Waals surface area (Å²) >= 11 is 1.50. The van der Waals surface area contributed by atoms with E-state index in [9.17, 15) is 10.1 Å². The second-order valence-corrected chi connectivity index (χ2v) is 6.60. The molecule has 3 rings (SSSR count). The van der Waals surface area contributed by atoms with Crippen LogP contribution in [0.4, 0.5) is 5.00 Å². The number of hydrogen-bond donors (Lipinski definition) is 1. The molecule has 0 unspecified atom stereocenters. The summed E-state index contributed by atoms with van der Waals surface area (Å²) in [6, 6.07) is 11.7. The Bertz CT molecular complexity index is 791. The molecule has 1 amide bonds. The van der Waals surface area contributed by atoms with Crippen molar-refractivity contribution in [2.24, 2.45) is 5.16 Å². The molecule has 0 radical (unpaired) electrons. The maximum atomic E-state index is 12.0. The first-order chi connectivity index (χ1) is 11.8. The number of rotatable bonds is 5. The van der Waals surface area contributed by atoms with Crippen LogP contribution in [0.15, 0.2) is 35.5 Å². The van der Waals surface area contributed by atoms with Gasteiger partial charge in [-0.15, -0.1) is 11.3 Å². The summed E-state index contributed by atoms with van der Waals surface area (Å²) < 4.78 is 0. The third-order valence-corrected chi connectivity index (χ3v) is 5.01. The molecule has 1 N–H and O–H groups in total. The van der Waals surface area contributed by atoms with E-state index in [2.05, 4.69) is 16.5 Å². The molecule has 2 aromatic rings. The molecule has 1 aromatic carbocycles.